The summed E-state index contributed by atoms with van der Waals surface area (Å²) in [6.07, 6.45) is 3.83. The molecule has 0 spiro atoms. The Morgan fingerprint density at radius 3 is 2.46 bits per heavy atom. The van der Waals surface area contributed by atoms with E-state index in [9.17, 15) is 9.59 Å². The minimum atomic E-state index is -0.113. The summed E-state index contributed by atoms with van der Waals surface area (Å²) < 4.78 is 5.16. The lowest BCUT2D eigenvalue weighted by molar-refractivity contribution is -0.132. The normalized spacial score (nSPS) is 15.7. The molecule has 6 heteroatoms. The van der Waals surface area contributed by atoms with E-state index in [0.29, 0.717) is 19.5 Å². The lowest BCUT2D eigenvalue weighted by Gasteiger charge is -2.36. The predicted octanol–water partition coefficient (Wildman–Crippen LogP) is 2.75. The van der Waals surface area contributed by atoms with E-state index in [-0.39, 0.29) is 23.8 Å². The number of hydrogen-bond donors (Lipinski definition) is 1. The molecule has 1 aliphatic heterocycles. The van der Waals surface area contributed by atoms with Crippen LogP contribution in [0.4, 0.5) is 0 Å². The highest BCUT2D eigenvalue weighted by atomic mass is 16.5. The van der Waals surface area contributed by atoms with Crippen LogP contribution in [0.2, 0.25) is 0 Å². The summed E-state index contributed by atoms with van der Waals surface area (Å²) in [5, 5.41) is 3.04. The number of ether oxygens (including phenoxy) is 1. The minimum Gasteiger partial charge on any atom is -0.497 e. The van der Waals surface area contributed by atoms with Crippen molar-refractivity contribution in [2.24, 2.45) is 5.92 Å². The third-order valence-corrected chi connectivity index (χ3v) is 5.24. The summed E-state index contributed by atoms with van der Waals surface area (Å²) in [6, 6.07) is 13.2. The molecule has 1 aromatic carbocycles. The zero-order valence-electron chi connectivity index (χ0n) is 16.4. The number of nitrogens with one attached hydrogen (secondary N) is 1. The van der Waals surface area contributed by atoms with Crippen LogP contribution in [-0.2, 0) is 16.0 Å². The minimum absolute atomic E-state index is 0.0614. The van der Waals surface area contributed by atoms with Gasteiger partial charge in [0.1, 0.15) is 5.75 Å². The smallest absolute Gasteiger partial charge is 0.226 e. The first-order chi connectivity index (χ1) is 13.6. The summed E-state index contributed by atoms with van der Waals surface area (Å²) >= 11 is 0. The third-order valence-electron chi connectivity index (χ3n) is 5.24. The average Bonchev–Trinajstić information content (AvgIpc) is 2.73. The number of carbonyl (C=O) groups is 2. The van der Waals surface area contributed by atoms with Crippen molar-refractivity contribution in [3.8, 4) is 5.75 Å². The van der Waals surface area contributed by atoms with Crippen molar-refractivity contribution in [2.45, 2.75) is 32.2 Å². The highest BCUT2D eigenvalue weighted by Crippen LogP contribution is 2.30. The van der Waals surface area contributed by atoms with E-state index < -0.39 is 0 Å². The Morgan fingerprint density at radius 2 is 1.89 bits per heavy atom. The Labute approximate surface area is 165 Å². The van der Waals surface area contributed by atoms with Gasteiger partial charge in [-0.05, 0) is 48.6 Å². The fourth-order valence-corrected chi connectivity index (χ4v) is 3.72. The Balaban J connectivity index is 1.58. The van der Waals surface area contributed by atoms with Crippen LogP contribution in [0.5, 0.6) is 5.75 Å². The first-order valence-electron chi connectivity index (χ1n) is 9.65. The van der Waals surface area contributed by atoms with E-state index >= 15 is 0 Å². The molecule has 2 aromatic rings. The monoisotopic (exact) mass is 381 g/mol. The van der Waals surface area contributed by atoms with Crippen LogP contribution in [0.1, 0.15) is 37.1 Å². The van der Waals surface area contributed by atoms with Crippen molar-refractivity contribution in [3.63, 3.8) is 0 Å². The number of amides is 2. The number of nitrogens with zero attached hydrogens (tertiary/aromatic N) is 2. The maximum Gasteiger partial charge on any atom is 0.226 e. The van der Waals surface area contributed by atoms with Gasteiger partial charge in [-0.1, -0.05) is 18.2 Å². The van der Waals surface area contributed by atoms with Crippen molar-refractivity contribution in [1.29, 1.82) is 0 Å². The van der Waals surface area contributed by atoms with E-state index in [1.807, 2.05) is 47.4 Å². The van der Waals surface area contributed by atoms with Gasteiger partial charge in [0.05, 0.1) is 25.3 Å². The Bertz CT molecular complexity index is 784. The molecule has 0 aliphatic carbocycles. The molecule has 1 N–H and O–H groups in total. The lowest BCUT2D eigenvalue weighted by atomic mass is 9.87. The maximum absolute atomic E-state index is 12.7. The number of benzene rings is 1. The fourth-order valence-electron chi connectivity index (χ4n) is 3.72. The van der Waals surface area contributed by atoms with Crippen LogP contribution < -0.4 is 10.1 Å². The molecule has 2 amide bonds. The maximum atomic E-state index is 12.7. The summed E-state index contributed by atoms with van der Waals surface area (Å²) in [4.78, 5) is 30.7. The SMILES string of the molecule is COc1ccc(CC(=O)N2CCC([C@H](NC(C)=O)c3ccccn3)CC2)cc1. The molecule has 28 heavy (non-hydrogen) atoms. The van der Waals surface area contributed by atoms with E-state index in [4.69, 9.17) is 4.74 Å². The number of aromatic nitrogens is 1. The quantitative estimate of drug-likeness (QED) is 0.835. The average molecular weight is 381 g/mol. The number of carbonyl (C=O) groups excluding carboxylic acids is 2. The number of hydrogen-bond acceptors (Lipinski definition) is 4. The van der Waals surface area contributed by atoms with Crippen LogP contribution in [0.25, 0.3) is 0 Å². The number of likely N-dealkylation sites (tertiary alicyclic amines) is 1. The molecule has 0 unspecified atom stereocenters. The number of methoxy groups -OCH3 is 1. The van der Waals surface area contributed by atoms with Gasteiger partial charge in [0.2, 0.25) is 11.8 Å². The van der Waals surface area contributed by atoms with E-state index in [2.05, 4.69) is 10.3 Å². The van der Waals surface area contributed by atoms with Gasteiger partial charge in [-0.25, -0.2) is 0 Å². The van der Waals surface area contributed by atoms with Gasteiger partial charge in [-0.3, -0.25) is 14.6 Å². The van der Waals surface area contributed by atoms with Crippen LogP contribution in [-0.4, -0.2) is 41.9 Å². The predicted molar refractivity (Wildman–Crippen MR) is 107 cm³/mol. The Kier molecular flexibility index (Phi) is 6.63. The molecule has 3 rings (SSSR count). The zero-order chi connectivity index (χ0) is 19.9. The highest BCUT2D eigenvalue weighted by molar-refractivity contribution is 5.79. The van der Waals surface area contributed by atoms with E-state index in [1.165, 1.54) is 6.92 Å². The molecular formula is C22H27N3O3. The molecule has 0 radical (unpaired) electrons. The first-order valence-corrected chi connectivity index (χ1v) is 9.65. The topological polar surface area (TPSA) is 71.5 Å². The van der Waals surface area contributed by atoms with Crippen LogP contribution in [0.15, 0.2) is 48.7 Å². The molecule has 6 nitrogen and oxygen atoms in total. The van der Waals surface area contributed by atoms with Crippen molar-refractivity contribution in [3.05, 3.63) is 59.9 Å². The van der Waals surface area contributed by atoms with Gasteiger partial charge in [-0.2, -0.15) is 0 Å². The third kappa shape index (κ3) is 5.09. The van der Waals surface area contributed by atoms with Crippen molar-refractivity contribution in [2.75, 3.05) is 20.2 Å². The molecular weight excluding hydrogens is 354 g/mol. The van der Waals surface area contributed by atoms with E-state index in [0.717, 1.165) is 29.8 Å². The molecule has 1 fully saturated rings. The van der Waals surface area contributed by atoms with E-state index in [1.54, 1.807) is 13.3 Å². The first kappa shape index (κ1) is 19.9. The second kappa shape index (κ2) is 9.35. The molecule has 148 valence electrons. The van der Waals surface area contributed by atoms with Crippen LogP contribution in [0.3, 0.4) is 0 Å². The largest absolute Gasteiger partial charge is 0.497 e. The molecule has 1 saturated heterocycles. The highest BCUT2D eigenvalue weighted by Gasteiger charge is 2.30. The Hall–Kier alpha value is -2.89. The van der Waals surface area contributed by atoms with Crippen molar-refractivity contribution >= 4 is 11.8 Å². The van der Waals surface area contributed by atoms with Gasteiger partial charge in [0.15, 0.2) is 0 Å². The summed E-state index contributed by atoms with van der Waals surface area (Å²) in [5.41, 5.74) is 1.86. The lowest BCUT2D eigenvalue weighted by Crippen LogP contribution is -2.43. The zero-order valence-corrected chi connectivity index (χ0v) is 16.4. The fraction of sp³-hybridized carbons (Fsp3) is 0.409. The molecule has 0 saturated carbocycles. The molecule has 0 bridgehead atoms. The van der Waals surface area contributed by atoms with Crippen LogP contribution >= 0.6 is 0 Å². The number of piperidine rings is 1. The van der Waals surface area contributed by atoms with Gasteiger partial charge >= 0.3 is 0 Å². The van der Waals surface area contributed by atoms with Gasteiger partial charge in [0, 0.05) is 26.2 Å². The summed E-state index contributed by atoms with van der Waals surface area (Å²) in [7, 11) is 1.63. The number of pyridine rings is 1. The van der Waals surface area contributed by atoms with Crippen molar-refractivity contribution in [1.82, 2.24) is 15.2 Å². The van der Waals surface area contributed by atoms with Crippen molar-refractivity contribution < 1.29 is 14.3 Å². The van der Waals surface area contributed by atoms with Gasteiger partial charge in [0.25, 0.3) is 0 Å². The molecule has 1 atom stereocenters. The van der Waals surface area contributed by atoms with Crippen LogP contribution in [0, 0.1) is 5.92 Å². The summed E-state index contributed by atoms with van der Waals surface area (Å²) in [5.74, 6) is 1.13. The summed E-state index contributed by atoms with van der Waals surface area (Å²) in [6.45, 7) is 2.93. The molecule has 2 heterocycles. The molecule has 1 aliphatic rings. The standard InChI is InChI=1S/C22H27N3O3/c1-16(26)24-22(20-5-3-4-12-23-20)18-10-13-25(14-11-18)21(27)15-17-6-8-19(28-2)9-7-17/h3-9,12,18,22H,10-11,13-15H2,1-2H3,(H,24,26)/t22-/m0/s1. The molecule has 1 aromatic heterocycles. The second-order valence-corrected chi connectivity index (χ2v) is 7.18. The second-order valence-electron chi connectivity index (χ2n) is 7.18. The Morgan fingerprint density at radius 1 is 1.18 bits per heavy atom. The number of rotatable bonds is 6. The van der Waals surface area contributed by atoms with Gasteiger partial charge < -0.3 is 15.0 Å². The van der Waals surface area contributed by atoms with Gasteiger partial charge in [-0.15, -0.1) is 0 Å².